The third-order valence-corrected chi connectivity index (χ3v) is 7.25. The Labute approximate surface area is 194 Å². The first kappa shape index (κ1) is 22.5. The monoisotopic (exact) mass is 529 g/mol. The van der Waals surface area contributed by atoms with Crippen molar-refractivity contribution in [3.05, 3.63) is 57.3 Å². The summed E-state index contributed by atoms with van der Waals surface area (Å²) in [6.45, 7) is 2.55. The van der Waals surface area contributed by atoms with E-state index in [9.17, 15) is 13.3 Å². The lowest BCUT2D eigenvalue weighted by atomic mass is 10.0. The first-order valence-electron chi connectivity index (χ1n) is 9.47. The zero-order valence-electron chi connectivity index (χ0n) is 16.9. The van der Waals surface area contributed by atoms with Crippen molar-refractivity contribution in [1.29, 1.82) is 0 Å². The highest BCUT2D eigenvalue weighted by atomic mass is 79.9. The molecule has 0 aliphatic carbocycles. The Morgan fingerprint density at radius 3 is 2.74 bits per heavy atom. The van der Waals surface area contributed by atoms with Gasteiger partial charge in [0.25, 0.3) is 0 Å². The SMILES string of the molecule is CC(C)(C)[S+]([O-])/N=C1\C[C@H](c2c(Br)cccc2OC(F)F)n2c1nc1ccc(Cl)cc12. The summed E-state index contributed by atoms with van der Waals surface area (Å²) in [6, 6.07) is 9.74. The van der Waals surface area contributed by atoms with Crippen molar-refractivity contribution in [3.8, 4) is 5.75 Å². The van der Waals surface area contributed by atoms with Crippen molar-refractivity contribution in [2.24, 2.45) is 4.40 Å². The predicted molar refractivity (Wildman–Crippen MR) is 123 cm³/mol. The predicted octanol–water partition coefficient (Wildman–Crippen LogP) is 6.30. The summed E-state index contributed by atoms with van der Waals surface area (Å²) in [6.07, 6.45) is 0.328. The summed E-state index contributed by atoms with van der Waals surface area (Å²) in [5.74, 6) is 0.598. The summed E-state index contributed by atoms with van der Waals surface area (Å²) in [5.41, 5.74) is 2.50. The fourth-order valence-corrected chi connectivity index (χ4v) is 4.95. The number of alkyl halides is 2. The Balaban J connectivity index is 1.94. The van der Waals surface area contributed by atoms with Gasteiger partial charge >= 0.3 is 6.61 Å². The summed E-state index contributed by atoms with van der Waals surface area (Å²) in [5, 5.41) is 0.522. The molecule has 1 aliphatic rings. The van der Waals surface area contributed by atoms with Crippen molar-refractivity contribution >= 4 is 55.6 Å². The molecule has 2 heterocycles. The van der Waals surface area contributed by atoms with Crippen molar-refractivity contribution < 1.29 is 18.1 Å². The number of halogens is 4. The zero-order valence-corrected chi connectivity index (χ0v) is 20.1. The van der Waals surface area contributed by atoms with Crippen molar-refractivity contribution in [2.75, 3.05) is 0 Å². The number of rotatable bonds is 4. The van der Waals surface area contributed by atoms with Crippen LogP contribution in [-0.4, -0.2) is 31.2 Å². The van der Waals surface area contributed by atoms with Crippen LogP contribution in [0.2, 0.25) is 5.02 Å². The Morgan fingerprint density at radius 2 is 2.06 bits per heavy atom. The molecule has 5 nitrogen and oxygen atoms in total. The molecule has 0 bridgehead atoms. The quantitative estimate of drug-likeness (QED) is 0.372. The Kier molecular flexibility index (Phi) is 6.06. The molecule has 10 heteroatoms. The second-order valence-corrected chi connectivity index (χ2v) is 11.3. The lowest BCUT2D eigenvalue weighted by Crippen LogP contribution is -2.27. The van der Waals surface area contributed by atoms with Crippen LogP contribution in [0, 0.1) is 0 Å². The fraction of sp³-hybridized carbons (Fsp3) is 0.333. The molecular weight excluding hydrogens is 512 g/mol. The van der Waals surface area contributed by atoms with Gasteiger partial charge in [0.05, 0.1) is 17.1 Å². The van der Waals surface area contributed by atoms with E-state index in [-0.39, 0.29) is 5.75 Å². The average molecular weight is 531 g/mol. The van der Waals surface area contributed by atoms with Crippen LogP contribution in [0.5, 0.6) is 5.75 Å². The van der Waals surface area contributed by atoms with E-state index < -0.39 is 28.8 Å². The summed E-state index contributed by atoms with van der Waals surface area (Å²) in [7, 11) is 0. The average Bonchev–Trinajstić information content (AvgIpc) is 3.18. The number of nitrogens with zero attached hydrogens (tertiary/aromatic N) is 3. The number of benzene rings is 2. The minimum Gasteiger partial charge on any atom is -0.591 e. The number of ether oxygens (including phenoxy) is 1. The molecule has 0 saturated carbocycles. The van der Waals surface area contributed by atoms with Crippen LogP contribution < -0.4 is 4.74 Å². The van der Waals surface area contributed by atoms with Gasteiger partial charge in [-0.25, -0.2) is 4.98 Å². The van der Waals surface area contributed by atoms with Gasteiger partial charge in [-0.2, -0.15) is 8.78 Å². The summed E-state index contributed by atoms with van der Waals surface area (Å²) in [4.78, 5) is 4.68. The Morgan fingerprint density at radius 1 is 1.32 bits per heavy atom. The van der Waals surface area contributed by atoms with Crippen LogP contribution >= 0.6 is 27.5 Å². The molecule has 2 atom stereocenters. The van der Waals surface area contributed by atoms with Gasteiger partial charge in [0, 0.05) is 21.5 Å². The molecule has 31 heavy (non-hydrogen) atoms. The minimum absolute atomic E-state index is 0.0578. The van der Waals surface area contributed by atoms with Gasteiger partial charge in [-0.1, -0.05) is 38.0 Å². The molecule has 0 fully saturated rings. The molecule has 0 radical (unpaired) electrons. The van der Waals surface area contributed by atoms with Gasteiger partial charge in [-0.05, 0) is 51.1 Å². The third-order valence-electron chi connectivity index (χ3n) is 4.89. The third kappa shape index (κ3) is 4.33. The van der Waals surface area contributed by atoms with Gasteiger partial charge in [0.15, 0.2) is 5.82 Å². The molecule has 4 rings (SSSR count). The topological polar surface area (TPSA) is 62.5 Å². The molecule has 1 unspecified atom stereocenters. The van der Waals surface area contributed by atoms with E-state index in [4.69, 9.17) is 16.3 Å². The number of fused-ring (bicyclic) bond motifs is 3. The van der Waals surface area contributed by atoms with Gasteiger partial charge < -0.3 is 13.9 Å². The second kappa shape index (κ2) is 8.35. The van der Waals surface area contributed by atoms with E-state index in [1.165, 1.54) is 6.07 Å². The molecular formula is C21H19BrClF2N3O2S. The van der Waals surface area contributed by atoms with Crippen LogP contribution in [-0.2, 0) is 11.4 Å². The number of hydrogen-bond donors (Lipinski definition) is 0. The molecule has 0 spiro atoms. The number of imidazole rings is 1. The van der Waals surface area contributed by atoms with E-state index in [1.54, 1.807) is 30.3 Å². The van der Waals surface area contributed by atoms with Crippen LogP contribution in [0.1, 0.15) is 44.6 Å². The number of aromatic nitrogens is 2. The lowest BCUT2D eigenvalue weighted by molar-refractivity contribution is -0.0507. The van der Waals surface area contributed by atoms with Crippen LogP contribution in [0.15, 0.2) is 45.3 Å². The highest BCUT2D eigenvalue weighted by Crippen LogP contribution is 2.44. The molecule has 0 N–H and O–H groups in total. The molecule has 0 saturated heterocycles. The van der Waals surface area contributed by atoms with E-state index >= 15 is 0 Å². The van der Waals surface area contributed by atoms with E-state index in [2.05, 4.69) is 25.3 Å². The maximum absolute atomic E-state index is 13.1. The van der Waals surface area contributed by atoms with Crippen molar-refractivity contribution in [3.63, 3.8) is 0 Å². The highest BCUT2D eigenvalue weighted by molar-refractivity contribution is 9.10. The minimum atomic E-state index is -2.97. The highest BCUT2D eigenvalue weighted by Gasteiger charge is 2.38. The van der Waals surface area contributed by atoms with Crippen LogP contribution in [0.25, 0.3) is 11.0 Å². The summed E-state index contributed by atoms with van der Waals surface area (Å²) >= 11 is 8.21. The molecule has 0 amide bonds. The maximum atomic E-state index is 13.1. The second-order valence-electron chi connectivity index (χ2n) is 8.09. The fourth-order valence-electron chi connectivity index (χ4n) is 3.54. The van der Waals surface area contributed by atoms with E-state index in [1.807, 2.05) is 25.3 Å². The molecule has 2 aromatic carbocycles. The standard InChI is InChI=1S/C21H19BrClF2N3O2S/c1-21(2,3)31(29)27-14-10-16(18-12(22)5-4-6-17(18)30-20(24)25)28-15-9-11(23)7-8-13(15)26-19(14)28/h4-9,16,20H,10H2,1-3H3/b27-14+/t16-,31?/m1/s1. The Bertz CT molecular complexity index is 1180. The van der Waals surface area contributed by atoms with Gasteiger partial charge in [0.1, 0.15) is 27.6 Å². The first-order chi connectivity index (χ1) is 14.6. The number of hydrogen-bond acceptors (Lipinski definition) is 4. The van der Waals surface area contributed by atoms with E-state index in [0.29, 0.717) is 38.5 Å². The van der Waals surface area contributed by atoms with Gasteiger partial charge in [-0.15, -0.1) is 0 Å². The molecule has 164 valence electrons. The molecule has 1 aliphatic heterocycles. The van der Waals surface area contributed by atoms with Crippen molar-refractivity contribution in [2.45, 2.75) is 44.6 Å². The van der Waals surface area contributed by atoms with E-state index in [0.717, 1.165) is 5.52 Å². The maximum Gasteiger partial charge on any atom is 0.387 e. The van der Waals surface area contributed by atoms with Gasteiger partial charge in [-0.3, -0.25) is 0 Å². The van der Waals surface area contributed by atoms with Gasteiger partial charge in [0.2, 0.25) is 0 Å². The molecule has 1 aromatic heterocycles. The smallest absolute Gasteiger partial charge is 0.387 e. The zero-order chi connectivity index (χ0) is 22.5. The summed E-state index contributed by atoms with van der Waals surface area (Å²) < 4.78 is 50.2. The largest absolute Gasteiger partial charge is 0.591 e. The molecule has 3 aromatic rings. The van der Waals surface area contributed by atoms with Crippen LogP contribution in [0.3, 0.4) is 0 Å². The van der Waals surface area contributed by atoms with Crippen LogP contribution in [0.4, 0.5) is 8.78 Å². The normalized spacial score (nSPS) is 18.7. The van der Waals surface area contributed by atoms with Crippen molar-refractivity contribution in [1.82, 2.24) is 9.55 Å². The first-order valence-corrected chi connectivity index (χ1v) is 11.7. The Hall–Kier alpha value is -1.68. The lowest BCUT2D eigenvalue weighted by Gasteiger charge is -2.20.